The van der Waals surface area contributed by atoms with Crippen molar-refractivity contribution in [1.82, 2.24) is 9.80 Å². The summed E-state index contributed by atoms with van der Waals surface area (Å²) in [6.45, 7) is 6.25. The minimum atomic E-state index is -0.719. The number of nitrogens with zero attached hydrogens (tertiary/aromatic N) is 2. The van der Waals surface area contributed by atoms with Crippen LogP contribution in [0.4, 0.5) is 4.39 Å². The second kappa shape index (κ2) is 9.63. The Hall–Kier alpha value is -3.03. The average Bonchev–Trinajstić information content (AvgIpc) is 3.05. The number of ketones is 1. The van der Waals surface area contributed by atoms with E-state index in [2.05, 4.69) is 4.90 Å². The Kier molecular flexibility index (Phi) is 6.67. The molecule has 0 aromatic heterocycles. The van der Waals surface area contributed by atoms with Gasteiger partial charge in [0.2, 0.25) is 0 Å². The smallest absolute Gasteiger partial charge is 0.295 e. The molecule has 2 saturated heterocycles. The highest BCUT2D eigenvalue weighted by atomic mass is 19.1. The number of aliphatic hydroxyl groups excluding tert-OH is 1. The summed E-state index contributed by atoms with van der Waals surface area (Å²) < 4.78 is 18.7. The summed E-state index contributed by atoms with van der Waals surface area (Å²) in [6.07, 6.45) is 0.700. The molecule has 7 heteroatoms. The standard InChI is InChI=1S/C25H27FN2O4/c1-17-3-5-18(6-4-17)22-21(23(29)19-7-9-20(26)10-8-19)24(30)25(31)28(22)12-2-11-27-13-15-32-16-14-27/h3-10,22,29H,2,11-16H2,1H3/b23-21+. The van der Waals surface area contributed by atoms with E-state index < -0.39 is 23.5 Å². The molecule has 1 amide bonds. The second-order valence-electron chi connectivity index (χ2n) is 8.22. The van der Waals surface area contributed by atoms with E-state index in [0.717, 1.165) is 30.8 Å². The summed E-state index contributed by atoms with van der Waals surface area (Å²) in [4.78, 5) is 29.8. The summed E-state index contributed by atoms with van der Waals surface area (Å²) in [5.41, 5.74) is 2.15. The number of hydrogen-bond donors (Lipinski definition) is 1. The lowest BCUT2D eigenvalue weighted by Gasteiger charge is -2.29. The number of likely N-dealkylation sites (tertiary alicyclic amines) is 1. The highest BCUT2D eigenvalue weighted by Gasteiger charge is 2.45. The number of morpholine rings is 1. The molecule has 2 aromatic rings. The van der Waals surface area contributed by atoms with Gasteiger partial charge >= 0.3 is 0 Å². The van der Waals surface area contributed by atoms with Crippen molar-refractivity contribution in [2.45, 2.75) is 19.4 Å². The summed E-state index contributed by atoms with van der Waals surface area (Å²) >= 11 is 0. The molecule has 0 saturated carbocycles. The quantitative estimate of drug-likeness (QED) is 0.426. The van der Waals surface area contributed by atoms with E-state index in [1.165, 1.54) is 24.3 Å². The molecule has 4 rings (SSSR count). The van der Waals surface area contributed by atoms with E-state index in [1.54, 1.807) is 4.90 Å². The summed E-state index contributed by atoms with van der Waals surface area (Å²) in [6, 6.07) is 12.1. The molecule has 6 nitrogen and oxygen atoms in total. The van der Waals surface area contributed by atoms with E-state index >= 15 is 0 Å². The van der Waals surface area contributed by atoms with Crippen molar-refractivity contribution in [3.05, 3.63) is 76.6 Å². The molecule has 1 N–H and O–H groups in total. The van der Waals surface area contributed by atoms with Crippen molar-refractivity contribution in [3.8, 4) is 0 Å². The van der Waals surface area contributed by atoms with Gasteiger partial charge < -0.3 is 14.7 Å². The van der Waals surface area contributed by atoms with Crippen LogP contribution in [0.5, 0.6) is 0 Å². The van der Waals surface area contributed by atoms with Crippen molar-refractivity contribution in [2.24, 2.45) is 0 Å². The maximum absolute atomic E-state index is 13.4. The molecule has 0 spiro atoms. The first kappa shape index (κ1) is 22.2. The maximum Gasteiger partial charge on any atom is 0.295 e. The van der Waals surface area contributed by atoms with Crippen LogP contribution < -0.4 is 0 Å². The topological polar surface area (TPSA) is 70.1 Å². The van der Waals surface area contributed by atoms with Crippen molar-refractivity contribution in [2.75, 3.05) is 39.4 Å². The van der Waals surface area contributed by atoms with Crippen molar-refractivity contribution in [1.29, 1.82) is 0 Å². The number of ether oxygens (including phenoxy) is 1. The van der Waals surface area contributed by atoms with Gasteiger partial charge in [0, 0.05) is 31.7 Å². The third-order valence-electron chi connectivity index (χ3n) is 6.03. The molecule has 2 aliphatic rings. The van der Waals surface area contributed by atoms with Crippen LogP contribution in [0.15, 0.2) is 54.1 Å². The number of rotatable bonds is 6. The van der Waals surface area contributed by atoms with Crippen LogP contribution in [0.25, 0.3) is 5.76 Å². The second-order valence-corrected chi connectivity index (χ2v) is 8.22. The van der Waals surface area contributed by atoms with Gasteiger partial charge in [0.1, 0.15) is 11.6 Å². The van der Waals surface area contributed by atoms with Gasteiger partial charge in [-0.05, 0) is 43.2 Å². The molecule has 0 radical (unpaired) electrons. The number of carbonyl (C=O) groups excluding carboxylic acids is 2. The van der Waals surface area contributed by atoms with Gasteiger partial charge in [0.15, 0.2) is 0 Å². The Balaban J connectivity index is 1.66. The van der Waals surface area contributed by atoms with E-state index in [-0.39, 0.29) is 11.3 Å². The fraction of sp³-hybridized carbons (Fsp3) is 0.360. The first-order chi connectivity index (χ1) is 15.5. The molecule has 32 heavy (non-hydrogen) atoms. The van der Waals surface area contributed by atoms with Gasteiger partial charge in [-0.1, -0.05) is 29.8 Å². The minimum Gasteiger partial charge on any atom is -0.507 e. The van der Waals surface area contributed by atoms with Crippen LogP contribution in [0.2, 0.25) is 0 Å². The van der Waals surface area contributed by atoms with Crippen molar-refractivity contribution in [3.63, 3.8) is 0 Å². The maximum atomic E-state index is 13.4. The highest BCUT2D eigenvalue weighted by molar-refractivity contribution is 6.46. The predicted octanol–water partition coefficient (Wildman–Crippen LogP) is 3.28. The fourth-order valence-corrected chi connectivity index (χ4v) is 4.26. The summed E-state index contributed by atoms with van der Waals surface area (Å²) in [5.74, 6) is -2.07. The monoisotopic (exact) mass is 438 g/mol. The first-order valence-electron chi connectivity index (χ1n) is 10.9. The molecular weight excluding hydrogens is 411 g/mol. The Bertz CT molecular complexity index is 1010. The van der Waals surface area contributed by atoms with Gasteiger partial charge in [0.25, 0.3) is 11.7 Å². The number of aryl methyl sites for hydroxylation is 1. The van der Waals surface area contributed by atoms with Gasteiger partial charge in [0.05, 0.1) is 24.8 Å². The van der Waals surface area contributed by atoms with Crippen LogP contribution in [0.1, 0.15) is 29.2 Å². The minimum absolute atomic E-state index is 0.0387. The van der Waals surface area contributed by atoms with Crippen molar-refractivity contribution < 1.29 is 23.8 Å². The molecule has 168 valence electrons. The number of benzene rings is 2. The molecule has 2 fully saturated rings. The molecule has 1 atom stereocenters. The van der Waals surface area contributed by atoms with Crippen LogP contribution in [0.3, 0.4) is 0 Å². The van der Waals surface area contributed by atoms with Crippen molar-refractivity contribution >= 4 is 17.4 Å². The predicted molar refractivity (Wildman–Crippen MR) is 118 cm³/mol. The molecule has 0 bridgehead atoms. The lowest BCUT2D eigenvalue weighted by Crippen LogP contribution is -2.38. The van der Waals surface area contributed by atoms with Gasteiger partial charge in [-0.25, -0.2) is 4.39 Å². The fourth-order valence-electron chi connectivity index (χ4n) is 4.26. The average molecular weight is 438 g/mol. The number of Topliss-reactive ketones (excluding diaryl/α,β-unsaturated/α-hetero) is 1. The zero-order valence-electron chi connectivity index (χ0n) is 18.1. The van der Waals surface area contributed by atoms with Crippen LogP contribution in [-0.4, -0.2) is 66.0 Å². The highest BCUT2D eigenvalue weighted by Crippen LogP contribution is 2.39. The Labute approximate surface area is 186 Å². The lowest BCUT2D eigenvalue weighted by molar-refractivity contribution is -0.140. The Morgan fingerprint density at radius 1 is 1.03 bits per heavy atom. The summed E-state index contributed by atoms with van der Waals surface area (Å²) in [7, 11) is 0. The molecule has 2 aliphatic heterocycles. The number of halogens is 1. The molecule has 0 aliphatic carbocycles. The molecule has 2 aromatic carbocycles. The normalized spacial score (nSPS) is 21.3. The van der Waals surface area contributed by atoms with Crippen LogP contribution >= 0.6 is 0 Å². The van der Waals surface area contributed by atoms with Crippen LogP contribution in [-0.2, 0) is 14.3 Å². The molecule has 1 unspecified atom stereocenters. The zero-order valence-corrected chi connectivity index (χ0v) is 18.1. The molecule has 2 heterocycles. The third-order valence-corrected chi connectivity index (χ3v) is 6.03. The Morgan fingerprint density at radius 3 is 2.34 bits per heavy atom. The van der Waals surface area contributed by atoms with Gasteiger partial charge in [-0.2, -0.15) is 0 Å². The SMILES string of the molecule is Cc1ccc(C2/C(=C(\O)c3ccc(F)cc3)C(=O)C(=O)N2CCCN2CCOCC2)cc1. The third kappa shape index (κ3) is 4.59. The number of carbonyl (C=O) groups is 2. The van der Waals surface area contributed by atoms with E-state index in [9.17, 15) is 19.1 Å². The van der Waals surface area contributed by atoms with Crippen LogP contribution in [0, 0.1) is 12.7 Å². The van der Waals surface area contributed by atoms with Gasteiger partial charge in [-0.15, -0.1) is 0 Å². The number of aliphatic hydroxyl groups is 1. The van der Waals surface area contributed by atoms with E-state index in [0.29, 0.717) is 31.7 Å². The van der Waals surface area contributed by atoms with E-state index in [1.807, 2.05) is 31.2 Å². The zero-order chi connectivity index (χ0) is 22.7. The first-order valence-corrected chi connectivity index (χ1v) is 10.9. The largest absolute Gasteiger partial charge is 0.507 e. The number of amides is 1. The summed E-state index contributed by atoms with van der Waals surface area (Å²) in [5, 5.41) is 11.0. The lowest BCUT2D eigenvalue weighted by atomic mass is 9.94. The number of hydrogen-bond acceptors (Lipinski definition) is 5. The Morgan fingerprint density at radius 2 is 1.69 bits per heavy atom. The van der Waals surface area contributed by atoms with E-state index in [4.69, 9.17) is 4.74 Å². The van der Waals surface area contributed by atoms with Gasteiger partial charge in [-0.3, -0.25) is 14.5 Å². The molecular formula is C25H27FN2O4.